The summed E-state index contributed by atoms with van der Waals surface area (Å²) < 4.78 is 17.7. The van der Waals surface area contributed by atoms with Crippen LogP contribution in [0.4, 0.5) is 0 Å². The number of ether oxygens (including phenoxy) is 3. The third-order valence-electron chi connectivity index (χ3n) is 11.5. The Hall–Kier alpha value is -6.91. The first-order valence-electron chi connectivity index (χ1n) is 22.8. The van der Waals surface area contributed by atoms with Crippen molar-refractivity contribution in [2.75, 3.05) is 46.5 Å². The number of nitrogens with zero attached hydrogens (tertiary/aromatic N) is 3. The van der Waals surface area contributed by atoms with E-state index in [1.807, 2.05) is 24.3 Å². The van der Waals surface area contributed by atoms with E-state index in [2.05, 4.69) is 46.7 Å². The predicted octanol–water partition coefficient (Wildman–Crippen LogP) is 1.31. The van der Waals surface area contributed by atoms with Gasteiger partial charge in [-0.3, -0.25) is 19.2 Å². The number of carboxylic acids is 1. The van der Waals surface area contributed by atoms with Gasteiger partial charge >= 0.3 is 5.97 Å². The van der Waals surface area contributed by atoms with Crippen LogP contribution in [0.5, 0.6) is 23.0 Å². The number of aliphatic carboxylic acids is 1. The second kappa shape index (κ2) is 24.1. The predicted molar refractivity (Wildman–Crippen MR) is 258 cm³/mol. The standard InChI is InChI=1S/C49H65N9O12/c1-26-36(23-53-43(54-26)29-8-10-33(11-9-29)68-16-14-49(3,4)5)45(63)56-37(13-15-50)47(65)58(6)41-30-19-35(42(61)40(20-30)70-25-32(60)22-52)34-17-28(7-12-39(34)69-24-31(59)21-51)18-38(48(66)67)57-44(62)27(2)55-46(41)64/h7-12,17,19-20,23,27,31-32,37-38,41,59-61H,13-16,18,21-22,24-25,50-52H2,1-6H3,(H,55,64)(H,56,63)(H,57,62)(H,66,67)/t27-,31?,32?,37?,38-,41-/m0/s1. The number of aliphatic hydroxyl groups is 2. The molecule has 1 aromatic heterocycles. The normalized spacial score (nSPS) is 17.4. The zero-order valence-corrected chi connectivity index (χ0v) is 40.2. The molecule has 0 fully saturated rings. The lowest BCUT2D eigenvalue weighted by Crippen LogP contribution is -2.55. The minimum absolute atomic E-state index is 0.00646. The molecule has 4 amide bonds. The first-order valence-corrected chi connectivity index (χ1v) is 22.8. The van der Waals surface area contributed by atoms with E-state index in [1.165, 1.54) is 50.5 Å². The zero-order valence-electron chi connectivity index (χ0n) is 40.2. The summed E-state index contributed by atoms with van der Waals surface area (Å²) in [5.74, 6) is -4.38. The van der Waals surface area contributed by atoms with Crippen molar-refractivity contribution < 1.29 is 58.6 Å². The van der Waals surface area contributed by atoms with Crippen LogP contribution in [0.3, 0.4) is 0 Å². The van der Waals surface area contributed by atoms with Gasteiger partial charge in [0.2, 0.25) is 17.7 Å². The second-order valence-electron chi connectivity index (χ2n) is 18.3. The van der Waals surface area contributed by atoms with Crippen LogP contribution in [0.1, 0.15) is 73.8 Å². The molecule has 21 nitrogen and oxygen atoms in total. The largest absolute Gasteiger partial charge is 0.504 e. The lowest BCUT2D eigenvalue weighted by molar-refractivity contribution is -0.143. The number of hydrogen-bond acceptors (Lipinski definition) is 16. The molecule has 1 aliphatic heterocycles. The number of benzene rings is 3. The quantitative estimate of drug-likeness (QED) is 0.0633. The Morgan fingerprint density at radius 3 is 2.16 bits per heavy atom. The first kappa shape index (κ1) is 54.0. The molecule has 0 aliphatic carbocycles. The average Bonchev–Trinajstić information content (AvgIpc) is 3.31. The molecule has 0 saturated carbocycles. The van der Waals surface area contributed by atoms with Crippen LogP contribution >= 0.6 is 0 Å². The van der Waals surface area contributed by atoms with Gasteiger partial charge in [0.15, 0.2) is 17.3 Å². The molecule has 4 aromatic rings. The summed E-state index contributed by atoms with van der Waals surface area (Å²) in [7, 11) is 1.29. The lowest BCUT2D eigenvalue weighted by Gasteiger charge is -2.33. The van der Waals surface area contributed by atoms with E-state index in [-0.39, 0.29) is 78.3 Å². The van der Waals surface area contributed by atoms with Gasteiger partial charge in [-0.25, -0.2) is 14.8 Å². The van der Waals surface area contributed by atoms with Crippen LogP contribution in [0.15, 0.2) is 60.8 Å². The number of aromatic hydroxyl groups is 1. The van der Waals surface area contributed by atoms with E-state index in [0.717, 1.165) is 11.3 Å². The average molecular weight is 972 g/mol. The number of carbonyl (C=O) groups is 5. The Labute approximate surface area is 406 Å². The highest BCUT2D eigenvalue weighted by Gasteiger charge is 2.37. The van der Waals surface area contributed by atoms with Crippen LogP contribution < -0.4 is 47.4 Å². The van der Waals surface area contributed by atoms with Gasteiger partial charge < -0.3 is 72.7 Å². The summed E-state index contributed by atoms with van der Waals surface area (Å²) in [6, 6.07) is 8.52. The van der Waals surface area contributed by atoms with E-state index < -0.39 is 78.3 Å². The van der Waals surface area contributed by atoms with Crippen molar-refractivity contribution in [2.24, 2.45) is 22.6 Å². The van der Waals surface area contributed by atoms with Crippen molar-refractivity contribution >= 4 is 29.6 Å². The van der Waals surface area contributed by atoms with Gasteiger partial charge in [-0.05, 0) is 98.3 Å². The molecule has 3 unspecified atom stereocenters. The van der Waals surface area contributed by atoms with E-state index in [0.29, 0.717) is 35.0 Å². The number of carboxylic acid groups (broad SMARTS) is 1. The molecular weight excluding hydrogens is 907 g/mol. The molecule has 0 spiro atoms. The molecule has 6 atom stereocenters. The highest BCUT2D eigenvalue weighted by molar-refractivity contribution is 6.00. The summed E-state index contributed by atoms with van der Waals surface area (Å²) in [6.07, 6.45) is -0.441. The van der Waals surface area contributed by atoms with E-state index in [1.54, 1.807) is 6.92 Å². The Morgan fingerprint density at radius 2 is 1.56 bits per heavy atom. The monoisotopic (exact) mass is 971 g/mol. The summed E-state index contributed by atoms with van der Waals surface area (Å²) in [4.78, 5) is 79.4. The SMILES string of the molecule is Cc1nc(-c2ccc(OCCC(C)(C)C)cc2)ncc1C(=O)NC(CCN)C(=O)N(C)[C@@H]1C(=O)N[C@@H](C)C(=O)N[C@H](C(=O)O)Cc2ccc(OCC(O)CN)c(c2)-c2cc1cc(OCC(O)CN)c2O. The van der Waals surface area contributed by atoms with Crippen molar-refractivity contribution in [1.29, 1.82) is 0 Å². The first-order chi connectivity index (χ1) is 33.1. The number of hydrogen-bond donors (Lipinski definition) is 10. The third-order valence-corrected chi connectivity index (χ3v) is 11.5. The molecule has 21 heteroatoms. The molecule has 3 aromatic carbocycles. The molecule has 2 heterocycles. The minimum atomic E-state index is -1.66. The number of phenols is 1. The molecule has 70 heavy (non-hydrogen) atoms. The number of likely N-dealkylation sites (N-methyl/N-ethyl adjacent to an activating group) is 1. The molecule has 1 aliphatic rings. The fraction of sp³-hybridized carbons (Fsp3) is 0.449. The number of nitrogens with one attached hydrogen (secondary N) is 3. The number of aromatic nitrogens is 2. The van der Waals surface area contributed by atoms with Crippen molar-refractivity contribution in [3.05, 3.63) is 83.2 Å². The van der Waals surface area contributed by atoms with Crippen molar-refractivity contribution in [3.8, 4) is 45.5 Å². The van der Waals surface area contributed by atoms with Crippen LogP contribution in [-0.2, 0) is 25.6 Å². The Morgan fingerprint density at radius 1 is 0.900 bits per heavy atom. The van der Waals surface area contributed by atoms with E-state index in [9.17, 15) is 44.4 Å². The van der Waals surface area contributed by atoms with Gasteiger partial charge in [-0.15, -0.1) is 0 Å². The highest BCUT2D eigenvalue weighted by atomic mass is 16.5. The molecule has 0 radical (unpaired) electrons. The van der Waals surface area contributed by atoms with Gasteiger partial charge in [0, 0.05) is 49.4 Å². The number of rotatable bonds is 19. The fourth-order valence-electron chi connectivity index (χ4n) is 7.33. The van der Waals surface area contributed by atoms with Crippen LogP contribution in [0, 0.1) is 12.3 Å². The van der Waals surface area contributed by atoms with Gasteiger partial charge in [0.25, 0.3) is 5.91 Å². The number of nitrogens with two attached hydrogens (primary N) is 3. The maximum atomic E-state index is 14.7. The van der Waals surface area contributed by atoms with Crippen LogP contribution in [0.2, 0.25) is 0 Å². The molecule has 13 N–H and O–H groups in total. The molecule has 4 bridgehead atoms. The second-order valence-corrected chi connectivity index (χ2v) is 18.3. The Kier molecular flexibility index (Phi) is 18.6. The van der Waals surface area contributed by atoms with Crippen molar-refractivity contribution in [2.45, 2.75) is 90.3 Å². The van der Waals surface area contributed by atoms with Crippen LogP contribution in [-0.4, -0.2) is 142 Å². The van der Waals surface area contributed by atoms with Gasteiger partial charge in [-0.2, -0.15) is 0 Å². The van der Waals surface area contributed by atoms with E-state index >= 15 is 0 Å². The smallest absolute Gasteiger partial charge is 0.326 e. The van der Waals surface area contributed by atoms with Gasteiger partial charge in [0.05, 0.1) is 17.9 Å². The fourth-order valence-corrected chi connectivity index (χ4v) is 7.33. The van der Waals surface area contributed by atoms with E-state index in [4.69, 9.17) is 31.4 Å². The number of phenolic OH excluding ortho intramolecular Hbond substituents is 1. The Bertz CT molecular complexity index is 2500. The maximum Gasteiger partial charge on any atom is 0.326 e. The van der Waals surface area contributed by atoms with Gasteiger partial charge in [-0.1, -0.05) is 26.8 Å². The minimum Gasteiger partial charge on any atom is -0.504 e. The van der Waals surface area contributed by atoms with Crippen molar-refractivity contribution in [3.63, 3.8) is 0 Å². The number of aliphatic hydroxyl groups excluding tert-OH is 2. The number of aryl methyl sites for hydroxylation is 1. The summed E-state index contributed by atoms with van der Waals surface area (Å²) in [5.41, 5.74) is 18.9. The molecule has 5 rings (SSSR count). The summed E-state index contributed by atoms with van der Waals surface area (Å²) >= 11 is 0. The van der Waals surface area contributed by atoms with Crippen LogP contribution in [0.25, 0.3) is 22.5 Å². The lowest BCUT2D eigenvalue weighted by atomic mass is 9.93. The zero-order chi connectivity index (χ0) is 51.4. The number of carbonyl (C=O) groups excluding carboxylic acids is 4. The number of fused-ring (bicyclic) bond motifs is 5. The molecule has 378 valence electrons. The maximum absolute atomic E-state index is 14.7. The van der Waals surface area contributed by atoms with Gasteiger partial charge in [0.1, 0.15) is 61.1 Å². The number of amides is 4. The topological polar surface area (TPSA) is 337 Å². The summed E-state index contributed by atoms with van der Waals surface area (Å²) in [5, 5.41) is 50.4. The summed E-state index contributed by atoms with van der Waals surface area (Å²) in [6.45, 7) is 8.74. The highest BCUT2D eigenvalue weighted by Crippen LogP contribution is 2.45. The molecular formula is C49H65N9O12. The Balaban J connectivity index is 1.55. The molecule has 0 saturated heterocycles. The third kappa shape index (κ3) is 14.1. The van der Waals surface area contributed by atoms with Crippen molar-refractivity contribution in [1.82, 2.24) is 30.8 Å².